The number of hydrogen-bond acceptors (Lipinski definition) is 14. The van der Waals surface area contributed by atoms with Gasteiger partial charge in [-0.25, -0.2) is 19.2 Å². The fraction of sp³-hybridized carbons (Fsp3) is 0.425. The summed E-state index contributed by atoms with van der Waals surface area (Å²) in [6.07, 6.45) is 26.0. The molecule has 0 N–H and O–H groups in total. The third-order valence-corrected chi connectivity index (χ3v) is 16.8. The van der Waals surface area contributed by atoms with Crippen LogP contribution in [0, 0.1) is 0 Å². The zero-order valence-electron chi connectivity index (χ0n) is 55.1. The van der Waals surface area contributed by atoms with Crippen molar-refractivity contribution in [2.75, 3.05) is 52.9 Å². The lowest BCUT2D eigenvalue weighted by Gasteiger charge is -2.16. The smallest absolute Gasteiger partial charge is 0.343 e. The van der Waals surface area contributed by atoms with E-state index < -0.39 is 23.9 Å². The molecule has 0 aromatic heterocycles. The van der Waals surface area contributed by atoms with E-state index in [1.54, 1.807) is 72.8 Å². The molecular formula is C80H94O14. The third kappa shape index (κ3) is 24.3. The number of ether oxygens (including phenoxy) is 10. The Kier molecular flexibility index (Phi) is 29.0. The van der Waals surface area contributed by atoms with E-state index in [1.165, 1.54) is 113 Å². The molecule has 14 nitrogen and oxygen atoms in total. The Labute approximate surface area is 555 Å². The highest BCUT2D eigenvalue weighted by Crippen LogP contribution is 2.42. The van der Waals surface area contributed by atoms with Gasteiger partial charge in [-0.1, -0.05) is 177 Å². The van der Waals surface area contributed by atoms with E-state index in [9.17, 15) is 19.2 Å². The summed E-state index contributed by atoms with van der Waals surface area (Å²) in [6, 6.07) is 46.3. The van der Waals surface area contributed by atoms with Gasteiger partial charge in [0.15, 0.2) is 23.0 Å². The average molecular weight is 1280 g/mol. The summed E-state index contributed by atoms with van der Waals surface area (Å²) in [5.74, 6) is -3.35. The van der Waals surface area contributed by atoms with Crippen LogP contribution in [0.15, 0.2) is 158 Å². The van der Waals surface area contributed by atoms with Crippen LogP contribution in [0.5, 0.6) is 34.5 Å². The van der Waals surface area contributed by atoms with E-state index in [2.05, 4.69) is 62.4 Å². The first-order chi connectivity index (χ1) is 46.2. The zero-order chi connectivity index (χ0) is 65.4. The second-order valence-corrected chi connectivity index (χ2v) is 24.5. The molecular weight excluding hydrogens is 1180 g/mol. The topological polar surface area (TPSA) is 167 Å². The molecule has 2 fully saturated rings. The SMILES string of the molecule is CCCCCCCCCCc1ccc(-c2ccc(C(=O)Oc3cc(OC(=O)c4ccc(OCCCCOCC5CO5)cc4)c(OC(=O)c4ccc(-c5ccc(CCCCCCCCCC)cc5)cc4)cc3OC(=O)c3ccc(OCCCCOCC4CO4)cc3)cc2)cc1. The summed E-state index contributed by atoms with van der Waals surface area (Å²) in [5.41, 5.74) is 7.03. The minimum atomic E-state index is -0.827. The van der Waals surface area contributed by atoms with Crippen LogP contribution in [0.2, 0.25) is 0 Å². The van der Waals surface area contributed by atoms with Crippen LogP contribution in [0.25, 0.3) is 22.3 Å². The molecule has 0 aliphatic carbocycles. The molecule has 0 radical (unpaired) electrons. The van der Waals surface area contributed by atoms with Crippen molar-refractivity contribution in [3.8, 4) is 56.8 Å². The van der Waals surface area contributed by atoms with Gasteiger partial charge in [0.2, 0.25) is 0 Å². The number of esters is 4. The second-order valence-electron chi connectivity index (χ2n) is 24.5. The lowest BCUT2D eigenvalue weighted by molar-refractivity contribution is 0.0663. The molecule has 498 valence electrons. The fourth-order valence-electron chi connectivity index (χ4n) is 10.9. The van der Waals surface area contributed by atoms with Gasteiger partial charge in [-0.15, -0.1) is 0 Å². The molecule has 0 saturated carbocycles. The molecule has 0 amide bonds. The molecule has 2 unspecified atom stereocenters. The maximum atomic E-state index is 14.3. The van der Waals surface area contributed by atoms with E-state index in [-0.39, 0.29) is 57.5 Å². The fourth-order valence-corrected chi connectivity index (χ4v) is 10.9. The predicted molar refractivity (Wildman–Crippen MR) is 366 cm³/mol. The third-order valence-electron chi connectivity index (χ3n) is 16.8. The number of hydrogen-bond donors (Lipinski definition) is 0. The predicted octanol–water partition coefficient (Wildman–Crippen LogP) is 18.4. The molecule has 0 spiro atoms. The maximum absolute atomic E-state index is 14.3. The summed E-state index contributed by atoms with van der Waals surface area (Å²) in [4.78, 5) is 56.9. The minimum Gasteiger partial charge on any atom is -0.494 e. The Morgan fingerprint density at radius 3 is 0.894 bits per heavy atom. The van der Waals surface area contributed by atoms with Crippen molar-refractivity contribution in [1.29, 1.82) is 0 Å². The van der Waals surface area contributed by atoms with Crippen molar-refractivity contribution in [3.05, 3.63) is 191 Å². The lowest BCUT2D eigenvalue weighted by atomic mass is 10.00. The maximum Gasteiger partial charge on any atom is 0.343 e. The summed E-state index contributed by atoms with van der Waals surface area (Å²) in [6.45, 7) is 9.29. The van der Waals surface area contributed by atoms with Crippen molar-refractivity contribution in [2.24, 2.45) is 0 Å². The Bertz CT molecular complexity index is 3160. The Morgan fingerprint density at radius 2 is 0.596 bits per heavy atom. The number of carbonyl (C=O) groups is 4. The summed E-state index contributed by atoms with van der Waals surface area (Å²) >= 11 is 0. The number of epoxide rings is 2. The molecule has 14 heteroatoms. The molecule has 2 aliphatic heterocycles. The molecule has 2 atom stereocenters. The van der Waals surface area contributed by atoms with E-state index in [4.69, 9.17) is 47.4 Å². The summed E-state index contributed by atoms with van der Waals surface area (Å²) < 4.78 is 57.8. The van der Waals surface area contributed by atoms with Gasteiger partial charge < -0.3 is 47.4 Å². The molecule has 7 aromatic rings. The van der Waals surface area contributed by atoms with Crippen LogP contribution in [0.1, 0.15) is 195 Å². The number of rotatable bonds is 44. The first kappa shape index (κ1) is 70.2. The largest absolute Gasteiger partial charge is 0.494 e. The van der Waals surface area contributed by atoms with E-state index in [1.807, 2.05) is 24.3 Å². The molecule has 2 aliphatic rings. The Hall–Kier alpha value is -8.14. The average Bonchev–Trinajstić information content (AvgIpc) is 1.06. The highest BCUT2D eigenvalue weighted by Gasteiger charge is 2.26. The van der Waals surface area contributed by atoms with E-state index in [0.717, 1.165) is 86.8 Å². The second kappa shape index (κ2) is 38.9. The van der Waals surface area contributed by atoms with Crippen molar-refractivity contribution >= 4 is 23.9 Å². The minimum absolute atomic E-state index is 0.144. The van der Waals surface area contributed by atoms with Gasteiger partial charge in [0.1, 0.15) is 23.7 Å². The molecule has 9 rings (SSSR count). The van der Waals surface area contributed by atoms with Crippen molar-refractivity contribution in [3.63, 3.8) is 0 Å². The first-order valence-corrected chi connectivity index (χ1v) is 34.5. The lowest BCUT2D eigenvalue weighted by Crippen LogP contribution is -2.16. The quantitative estimate of drug-likeness (QED) is 0.0153. The summed E-state index contributed by atoms with van der Waals surface area (Å²) in [5, 5.41) is 0. The highest BCUT2D eigenvalue weighted by atomic mass is 16.6. The van der Waals surface area contributed by atoms with Gasteiger partial charge in [-0.3, -0.25) is 0 Å². The van der Waals surface area contributed by atoms with Crippen molar-refractivity contribution < 1.29 is 66.5 Å². The first-order valence-electron chi connectivity index (χ1n) is 34.5. The molecule has 0 bridgehead atoms. The van der Waals surface area contributed by atoms with E-state index in [0.29, 0.717) is 51.1 Å². The van der Waals surface area contributed by atoms with Gasteiger partial charge in [-0.2, -0.15) is 0 Å². The standard InChI is InChI=1S/C80H94O14/c1-3-5-7-9-11-13-15-17-23-59-25-29-61(30-26-59)63-33-37-65(38-34-63)77(81)91-73-53-76(94-80(84)68-43-47-70(48-44-68)88-52-22-20-50-86-56-72-58-90-72)74(54-75(73)93-79(83)67-41-45-69(46-42-67)87-51-21-19-49-85-55-71-57-89-71)92-78(82)66-39-35-64(36-40-66)62-31-27-60(28-32-62)24-18-16-14-12-10-8-6-4-2/h25-48,53-54,71-72H,3-24,49-52,55-58H2,1-2H3. The van der Waals surface area contributed by atoms with Crippen LogP contribution in [0.4, 0.5) is 0 Å². The number of carbonyl (C=O) groups excluding carboxylic acids is 4. The highest BCUT2D eigenvalue weighted by molar-refractivity contribution is 5.96. The van der Waals surface area contributed by atoms with Gasteiger partial charge in [0.25, 0.3) is 0 Å². The zero-order valence-corrected chi connectivity index (χ0v) is 55.1. The molecule has 2 saturated heterocycles. The Morgan fingerprint density at radius 1 is 0.330 bits per heavy atom. The van der Waals surface area contributed by atoms with Gasteiger partial charge in [0, 0.05) is 25.3 Å². The van der Waals surface area contributed by atoms with Crippen LogP contribution in [0.3, 0.4) is 0 Å². The Balaban J connectivity index is 0.922. The van der Waals surface area contributed by atoms with Crippen molar-refractivity contribution in [1.82, 2.24) is 0 Å². The normalized spacial score (nSPS) is 13.9. The molecule has 2 heterocycles. The number of aryl methyl sites for hydroxylation is 2. The van der Waals surface area contributed by atoms with Crippen LogP contribution in [-0.2, 0) is 31.8 Å². The molecule has 7 aromatic carbocycles. The number of benzene rings is 7. The van der Waals surface area contributed by atoms with Crippen LogP contribution < -0.4 is 28.4 Å². The number of unbranched alkanes of at least 4 members (excludes halogenated alkanes) is 16. The summed E-state index contributed by atoms with van der Waals surface area (Å²) in [7, 11) is 0. The van der Waals surface area contributed by atoms with Crippen LogP contribution in [-0.4, -0.2) is 88.9 Å². The van der Waals surface area contributed by atoms with Crippen LogP contribution >= 0.6 is 0 Å². The monoisotopic (exact) mass is 1280 g/mol. The van der Waals surface area contributed by atoms with Crippen molar-refractivity contribution in [2.45, 2.75) is 167 Å². The molecule has 94 heavy (non-hydrogen) atoms. The van der Waals surface area contributed by atoms with Gasteiger partial charge in [-0.05, 0) is 158 Å². The van der Waals surface area contributed by atoms with E-state index >= 15 is 0 Å². The van der Waals surface area contributed by atoms with Gasteiger partial charge in [0.05, 0.1) is 61.9 Å². The van der Waals surface area contributed by atoms with Gasteiger partial charge >= 0.3 is 23.9 Å².